The predicted molar refractivity (Wildman–Crippen MR) is 58.2 cm³/mol. The molecule has 0 aliphatic heterocycles. The number of aryl methyl sites for hydroxylation is 2. The Morgan fingerprint density at radius 3 is 3.13 bits per heavy atom. The Morgan fingerprint density at radius 1 is 1.40 bits per heavy atom. The second-order valence-electron chi connectivity index (χ2n) is 4.13. The summed E-state index contributed by atoms with van der Waals surface area (Å²) in [6, 6.07) is 3.90. The maximum absolute atomic E-state index is 12.1. The number of rotatable bonds is 0. The molecule has 76 valence electrons. The first-order chi connectivity index (χ1) is 7.25. The van der Waals surface area contributed by atoms with Crippen LogP contribution in [-0.4, -0.2) is 9.38 Å². The summed E-state index contributed by atoms with van der Waals surface area (Å²) in [6.07, 6.45) is 4.72. The van der Waals surface area contributed by atoms with Gasteiger partial charge >= 0.3 is 0 Å². The highest BCUT2D eigenvalue weighted by atomic mass is 16.1. The fourth-order valence-corrected chi connectivity index (χ4v) is 2.21. The van der Waals surface area contributed by atoms with E-state index in [1.807, 2.05) is 25.3 Å². The van der Waals surface area contributed by atoms with Crippen LogP contribution >= 0.6 is 0 Å². The van der Waals surface area contributed by atoms with Gasteiger partial charge in [0, 0.05) is 11.8 Å². The molecule has 0 fully saturated rings. The topological polar surface area (TPSA) is 34.4 Å². The molecule has 0 spiro atoms. The quantitative estimate of drug-likeness (QED) is 0.645. The van der Waals surface area contributed by atoms with Crippen LogP contribution in [0.5, 0.6) is 0 Å². The molecule has 1 aliphatic rings. The smallest absolute Gasteiger partial charge is 0.261 e. The summed E-state index contributed by atoms with van der Waals surface area (Å²) in [4.78, 5) is 16.6. The largest absolute Gasteiger partial charge is 0.269 e. The predicted octanol–water partition coefficient (Wildman–Crippen LogP) is 1.49. The van der Waals surface area contributed by atoms with E-state index in [-0.39, 0.29) is 5.56 Å². The lowest BCUT2D eigenvalue weighted by molar-refractivity contribution is 0.899. The summed E-state index contributed by atoms with van der Waals surface area (Å²) in [7, 11) is 0. The average molecular weight is 200 g/mol. The normalized spacial score (nSPS) is 14.5. The van der Waals surface area contributed by atoms with Crippen molar-refractivity contribution in [1.29, 1.82) is 0 Å². The van der Waals surface area contributed by atoms with Gasteiger partial charge in [0.15, 0.2) is 0 Å². The lowest BCUT2D eigenvalue weighted by Gasteiger charge is -2.04. The first-order valence-electron chi connectivity index (χ1n) is 5.26. The van der Waals surface area contributed by atoms with Crippen molar-refractivity contribution in [2.75, 3.05) is 0 Å². The van der Waals surface area contributed by atoms with Crippen molar-refractivity contribution in [3.8, 4) is 0 Å². The van der Waals surface area contributed by atoms with Crippen LogP contribution in [0.15, 0.2) is 23.1 Å². The lowest BCUT2D eigenvalue weighted by Crippen LogP contribution is -2.19. The molecule has 0 saturated carbocycles. The van der Waals surface area contributed by atoms with Gasteiger partial charge in [0.2, 0.25) is 0 Å². The third kappa shape index (κ3) is 1.19. The zero-order valence-electron chi connectivity index (χ0n) is 8.66. The van der Waals surface area contributed by atoms with Gasteiger partial charge in [-0.3, -0.25) is 9.20 Å². The molecule has 3 rings (SSSR count). The number of hydrogen-bond acceptors (Lipinski definition) is 2. The third-order valence-corrected chi connectivity index (χ3v) is 3.01. The molecule has 3 nitrogen and oxygen atoms in total. The first-order valence-corrected chi connectivity index (χ1v) is 5.26. The molecule has 3 heteroatoms. The Balaban J connectivity index is 2.46. The van der Waals surface area contributed by atoms with E-state index in [4.69, 9.17) is 0 Å². The maximum atomic E-state index is 12.1. The molecule has 2 heterocycles. The van der Waals surface area contributed by atoms with Crippen molar-refractivity contribution >= 4 is 5.65 Å². The van der Waals surface area contributed by atoms with Crippen molar-refractivity contribution in [2.45, 2.75) is 26.2 Å². The van der Waals surface area contributed by atoms with Crippen LogP contribution in [0.1, 0.15) is 23.2 Å². The summed E-state index contributed by atoms with van der Waals surface area (Å²) >= 11 is 0. The van der Waals surface area contributed by atoms with Crippen molar-refractivity contribution in [2.24, 2.45) is 0 Å². The number of fused-ring (bicyclic) bond motifs is 2. The van der Waals surface area contributed by atoms with E-state index in [1.165, 1.54) is 0 Å². The molecule has 0 N–H and O–H groups in total. The zero-order valence-corrected chi connectivity index (χ0v) is 8.66. The Bertz CT molecular complexity index is 598. The molecule has 0 atom stereocenters. The minimum atomic E-state index is 0.118. The number of aromatic nitrogens is 2. The molecule has 0 saturated heterocycles. The van der Waals surface area contributed by atoms with E-state index in [2.05, 4.69) is 4.98 Å². The second-order valence-corrected chi connectivity index (χ2v) is 4.13. The van der Waals surface area contributed by atoms with Gasteiger partial charge in [0.25, 0.3) is 5.56 Å². The molecule has 15 heavy (non-hydrogen) atoms. The number of nitrogens with zero attached hydrogens (tertiary/aromatic N) is 2. The Kier molecular flexibility index (Phi) is 1.69. The van der Waals surface area contributed by atoms with E-state index < -0.39 is 0 Å². The minimum Gasteiger partial charge on any atom is -0.269 e. The molecule has 2 aromatic heterocycles. The highest BCUT2D eigenvalue weighted by molar-refractivity contribution is 5.44. The van der Waals surface area contributed by atoms with Crippen LogP contribution in [0.25, 0.3) is 5.65 Å². The van der Waals surface area contributed by atoms with Crippen LogP contribution in [0.3, 0.4) is 0 Å². The molecule has 0 bridgehead atoms. The first kappa shape index (κ1) is 8.65. The summed E-state index contributed by atoms with van der Waals surface area (Å²) < 4.78 is 1.65. The summed E-state index contributed by atoms with van der Waals surface area (Å²) in [5.41, 5.74) is 3.95. The van der Waals surface area contributed by atoms with Crippen LogP contribution in [0.2, 0.25) is 0 Å². The summed E-state index contributed by atoms with van der Waals surface area (Å²) in [6.45, 7) is 2.01. The van der Waals surface area contributed by atoms with Crippen LogP contribution < -0.4 is 5.56 Å². The fraction of sp³-hybridized carbons (Fsp3) is 0.333. The Hall–Kier alpha value is -1.64. The van der Waals surface area contributed by atoms with Gasteiger partial charge in [0.1, 0.15) is 5.65 Å². The summed E-state index contributed by atoms with van der Waals surface area (Å²) in [5.74, 6) is 0. The van der Waals surface area contributed by atoms with Gasteiger partial charge in [0.05, 0.1) is 5.69 Å². The Labute approximate surface area is 87.4 Å². The van der Waals surface area contributed by atoms with Crippen molar-refractivity contribution < 1.29 is 0 Å². The molecular formula is C12H12N2O. The number of hydrogen-bond donors (Lipinski definition) is 0. The molecule has 0 amide bonds. The van der Waals surface area contributed by atoms with Crippen LogP contribution in [-0.2, 0) is 12.8 Å². The van der Waals surface area contributed by atoms with Gasteiger partial charge in [-0.15, -0.1) is 0 Å². The van der Waals surface area contributed by atoms with E-state index in [9.17, 15) is 4.79 Å². The van der Waals surface area contributed by atoms with Gasteiger partial charge in [-0.25, -0.2) is 4.98 Å². The second kappa shape index (κ2) is 2.92. The lowest BCUT2D eigenvalue weighted by atomic mass is 10.2. The molecular weight excluding hydrogens is 188 g/mol. The fourth-order valence-electron chi connectivity index (χ4n) is 2.21. The highest BCUT2D eigenvalue weighted by Crippen LogP contribution is 2.17. The average Bonchev–Trinajstić information content (AvgIpc) is 2.65. The molecule has 0 unspecified atom stereocenters. The highest BCUT2D eigenvalue weighted by Gasteiger charge is 2.17. The third-order valence-electron chi connectivity index (χ3n) is 3.01. The minimum absolute atomic E-state index is 0.118. The van der Waals surface area contributed by atoms with Crippen molar-refractivity contribution in [3.05, 3.63) is 45.5 Å². The molecule has 0 radical (unpaired) electrons. The van der Waals surface area contributed by atoms with Crippen LogP contribution in [0.4, 0.5) is 0 Å². The standard InChI is InChI=1S/C12H12N2O/c1-8-5-6-14-11(7-8)13-10-4-2-3-9(10)12(14)15/h5-7H,2-4H2,1H3. The van der Waals surface area contributed by atoms with Crippen molar-refractivity contribution in [3.63, 3.8) is 0 Å². The molecule has 2 aromatic rings. The van der Waals surface area contributed by atoms with Crippen molar-refractivity contribution in [1.82, 2.24) is 9.38 Å². The van der Waals surface area contributed by atoms with E-state index in [0.717, 1.165) is 41.7 Å². The number of pyridine rings is 1. The summed E-state index contributed by atoms with van der Waals surface area (Å²) in [5, 5.41) is 0. The maximum Gasteiger partial charge on any atom is 0.261 e. The Morgan fingerprint density at radius 2 is 2.27 bits per heavy atom. The van der Waals surface area contributed by atoms with E-state index in [0.29, 0.717) is 0 Å². The van der Waals surface area contributed by atoms with Gasteiger partial charge in [-0.2, -0.15) is 0 Å². The van der Waals surface area contributed by atoms with E-state index in [1.54, 1.807) is 4.40 Å². The molecule has 0 aromatic carbocycles. The van der Waals surface area contributed by atoms with Crippen LogP contribution in [0, 0.1) is 6.92 Å². The van der Waals surface area contributed by atoms with Gasteiger partial charge in [-0.05, 0) is 43.9 Å². The van der Waals surface area contributed by atoms with E-state index >= 15 is 0 Å². The van der Waals surface area contributed by atoms with Gasteiger partial charge < -0.3 is 0 Å². The molecule has 1 aliphatic carbocycles. The van der Waals surface area contributed by atoms with Gasteiger partial charge in [-0.1, -0.05) is 0 Å². The zero-order chi connectivity index (χ0) is 10.4. The SMILES string of the molecule is Cc1ccn2c(=O)c3c(nc2c1)CCC3. The monoisotopic (exact) mass is 200 g/mol.